The lowest BCUT2D eigenvalue weighted by atomic mass is 9.84. The zero-order valence-electron chi connectivity index (χ0n) is 20.8. The minimum atomic E-state index is -1.90. The van der Waals surface area contributed by atoms with Crippen LogP contribution in [0.4, 0.5) is 10.8 Å². The fourth-order valence-corrected chi connectivity index (χ4v) is 6.50. The van der Waals surface area contributed by atoms with Crippen molar-refractivity contribution in [2.75, 3.05) is 23.0 Å². The largest absolute Gasteiger partial charge is 0.457 e. The lowest BCUT2D eigenvalue weighted by molar-refractivity contribution is -0.121. The van der Waals surface area contributed by atoms with Crippen LogP contribution in [0.3, 0.4) is 0 Å². The van der Waals surface area contributed by atoms with Gasteiger partial charge < -0.3 is 14.1 Å². The summed E-state index contributed by atoms with van der Waals surface area (Å²) in [6, 6.07) is 11.5. The van der Waals surface area contributed by atoms with Crippen LogP contribution in [0, 0.1) is 6.92 Å². The van der Waals surface area contributed by atoms with Gasteiger partial charge in [0.05, 0.1) is 22.3 Å². The Hall–Kier alpha value is -4.28. The molecule has 2 aromatic heterocycles. The number of para-hydroxylation sites is 1. The SMILES string of the molecule is C=CCOC(=O)c1sc(N2C(=O)c3oc4ccc(Cl)cc4c(=O)c3C23C(=O)N(CC)c2ccccc23)nc1C. The Kier molecular flexibility index (Phi) is 5.70. The van der Waals surface area contributed by atoms with Crippen LogP contribution in [0.1, 0.15) is 44.0 Å². The molecule has 0 fully saturated rings. The van der Waals surface area contributed by atoms with Crippen molar-refractivity contribution < 1.29 is 23.5 Å². The van der Waals surface area contributed by atoms with Crippen molar-refractivity contribution in [2.45, 2.75) is 19.4 Å². The van der Waals surface area contributed by atoms with Crippen molar-refractivity contribution in [3.63, 3.8) is 0 Å². The highest BCUT2D eigenvalue weighted by Gasteiger charge is 2.66. The second-order valence-corrected chi connectivity index (χ2v) is 10.4. The average molecular weight is 562 g/mol. The van der Waals surface area contributed by atoms with Gasteiger partial charge in [-0.3, -0.25) is 19.3 Å². The molecule has 9 nitrogen and oxygen atoms in total. The number of aryl methyl sites for hydroxylation is 1. The molecule has 11 heteroatoms. The zero-order valence-corrected chi connectivity index (χ0v) is 22.4. The molecule has 1 spiro atoms. The maximum atomic E-state index is 14.4. The predicted octanol–water partition coefficient (Wildman–Crippen LogP) is 4.82. The molecule has 2 aliphatic rings. The number of halogens is 1. The molecule has 0 bridgehead atoms. The second kappa shape index (κ2) is 8.89. The van der Waals surface area contributed by atoms with Gasteiger partial charge in [-0.1, -0.05) is 53.8 Å². The summed E-state index contributed by atoms with van der Waals surface area (Å²) in [5.41, 5.74) is -1.11. The number of likely N-dealkylation sites (N-methyl/N-ethyl adjacent to an activating group) is 1. The predicted molar refractivity (Wildman–Crippen MR) is 147 cm³/mol. The molecule has 196 valence electrons. The smallest absolute Gasteiger partial charge is 0.350 e. The molecule has 2 amide bonds. The van der Waals surface area contributed by atoms with E-state index in [0.717, 1.165) is 11.3 Å². The number of esters is 1. The number of carbonyl (C=O) groups is 3. The number of hydrogen-bond donors (Lipinski definition) is 0. The Balaban J connectivity index is 1.69. The first-order chi connectivity index (χ1) is 18.7. The fraction of sp³-hybridized carbons (Fsp3) is 0.179. The number of ether oxygens (including phenoxy) is 1. The summed E-state index contributed by atoms with van der Waals surface area (Å²) in [4.78, 5) is 62.8. The first-order valence-electron chi connectivity index (χ1n) is 12.0. The third-order valence-corrected chi connectivity index (χ3v) is 8.25. The summed E-state index contributed by atoms with van der Waals surface area (Å²) in [5.74, 6) is -2.13. The summed E-state index contributed by atoms with van der Waals surface area (Å²) < 4.78 is 11.2. The molecule has 0 radical (unpaired) electrons. The highest BCUT2D eigenvalue weighted by molar-refractivity contribution is 7.17. The van der Waals surface area contributed by atoms with Gasteiger partial charge in [0.1, 0.15) is 17.1 Å². The molecule has 1 atom stereocenters. The summed E-state index contributed by atoms with van der Waals surface area (Å²) in [7, 11) is 0. The number of anilines is 2. The van der Waals surface area contributed by atoms with E-state index in [1.165, 1.54) is 28.0 Å². The van der Waals surface area contributed by atoms with E-state index in [1.807, 2.05) is 0 Å². The van der Waals surface area contributed by atoms with Crippen molar-refractivity contribution >= 4 is 62.5 Å². The van der Waals surface area contributed by atoms with E-state index in [2.05, 4.69) is 11.6 Å². The monoisotopic (exact) mass is 561 g/mol. The minimum absolute atomic E-state index is 0.00553. The second-order valence-electron chi connectivity index (χ2n) is 8.99. The number of fused-ring (bicyclic) bond motifs is 5. The van der Waals surface area contributed by atoms with Gasteiger partial charge in [-0.05, 0) is 38.1 Å². The summed E-state index contributed by atoms with van der Waals surface area (Å²) in [5, 5.41) is 0.494. The molecule has 2 aliphatic heterocycles. The first-order valence-corrected chi connectivity index (χ1v) is 13.2. The van der Waals surface area contributed by atoms with E-state index in [9.17, 15) is 19.2 Å². The van der Waals surface area contributed by atoms with Gasteiger partial charge in [0, 0.05) is 17.1 Å². The van der Waals surface area contributed by atoms with Gasteiger partial charge in [0.15, 0.2) is 16.1 Å². The Morgan fingerprint density at radius 1 is 1.23 bits per heavy atom. The van der Waals surface area contributed by atoms with E-state index in [0.29, 0.717) is 22.0 Å². The van der Waals surface area contributed by atoms with E-state index < -0.39 is 28.8 Å². The lowest BCUT2D eigenvalue weighted by Crippen LogP contribution is -2.53. The number of benzene rings is 2. The quantitative estimate of drug-likeness (QED) is 0.254. The maximum absolute atomic E-state index is 14.4. The Morgan fingerprint density at radius 3 is 2.74 bits per heavy atom. The normalized spacial score (nSPS) is 17.7. The van der Waals surface area contributed by atoms with Crippen molar-refractivity contribution in [3.8, 4) is 0 Å². The van der Waals surface area contributed by atoms with E-state index in [-0.39, 0.29) is 45.5 Å². The molecule has 2 aromatic carbocycles. The maximum Gasteiger partial charge on any atom is 0.350 e. The molecule has 4 aromatic rings. The van der Waals surface area contributed by atoms with Gasteiger partial charge in [0.2, 0.25) is 5.76 Å². The average Bonchev–Trinajstić information content (AvgIpc) is 3.51. The zero-order chi connectivity index (χ0) is 27.6. The van der Waals surface area contributed by atoms with Crippen molar-refractivity contribution in [2.24, 2.45) is 0 Å². The summed E-state index contributed by atoms with van der Waals surface area (Å²) in [6.45, 7) is 7.24. The molecule has 4 heterocycles. The van der Waals surface area contributed by atoms with Crippen LogP contribution in [0.25, 0.3) is 11.0 Å². The summed E-state index contributed by atoms with van der Waals surface area (Å²) in [6.07, 6.45) is 1.44. The number of hydrogen-bond acceptors (Lipinski definition) is 8. The highest BCUT2D eigenvalue weighted by atomic mass is 35.5. The topological polar surface area (TPSA) is 110 Å². The van der Waals surface area contributed by atoms with Crippen LogP contribution in [0.5, 0.6) is 0 Å². The molecule has 39 heavy (non-hydrogen) atoms. The number of aromatic nitrogens is 1. The van der Waals surface area contributed by atoms with Gasteiger partial charge in [-0.15, -0.1) is 0 Å². The van der Waals surface area contributed by atoms with Gasteiger partial charge in [0.25, 0.3) is 11.8 Å². The molecule has 0 N–H and O–H groups in total. The molecule has 0 aliphatic carbocycles. The third kappa shape index (κ3) is 3.28. The molecular formula is C28H20ClN3O6S. The van der Waals surface area contributed by atoms with E-state index in [1.54, 1.807) is 44.2 Å². The third-order valence-electron chi connectivity index (χ3n) is 6.90. The van der Waals surface area contributed by atoms with Crippen molar-refractivity contribution in [1.29, 1.82) is 0 Å². The summed E-state index contributed by atoms with van der Waals surface area (Å²) >= 11 is 7.09. The number of rotatable bonds is 5. The number of carbonyl (C=O) groups excluding carboxylic acids is 3. The molecule has 0 saturated carbocycles. The van der Waals surface area contributed by atoms with Crippen LogP contribution in [-0.4, -0.2) is 35.9 Å². The van der Waals surface area contributed by atoms with Gasteiger partial charge in [-0.2, -0.15) is 0 Å². The van der Waals surface area contributed by atoms with Crippen molar-refractivity contribution in [1.82, 2.24) is 4.98 Å². The number of thiazole rings is 1. The highest BCUT2D eigenvalue weighted by Crippen LogP contribution is 2.54. The van der Waals surface area contributed by atoms with E-state index in [4.69, 9.17) is 20.8 Å². The Labute approximate surface area is 230 Å². The van der Waals surface area contributed by atoms with Crippen LogP contribution in [-0.2, 0) is 15.1 Å². The molecule has 1 unspecified atom stereocenters. The van der Waals surface area contributed by atoms with Crippen molar-refractivity contribution in [3.05, 3.63) is 97.8 Å². The van der Waals surface area contributed by atoms with E-state index >= 15 is 0 Å². The Morgan fingerprint density at radius 2 is 2.00 bits per heavy atom. The Bertz CT molecular complexity index is 1810. The molecular weight excluding hydrogens is 542 g/mol. The standard InChI is InChI=1S/C28H20ClN3O6S/c1-4-12-37-25(35)23-14(3)30-27(39-23)32-24(34)22-20(21(33)16-13-15(29)10-11-19(16)38-22)28(32)17-8-6-7-9-18(17)31(5-2)26(28)36/h4,6-11,13H,1,5,12H2,2-3H3. The van der Waals surface area contributed by atoms with Crippen LogP contribution < -0.4 is 15.2 Å². The lowest BCUT2D eigenvalue weighted by Gasteiger charge is -2.32. The van der Waals surface area contributed by atoms with Crippen LogP contribution in [0.15, 0.2) is 64.3 Å². The van der Waals surface area contributed by atoms with Crippen LogP contribution >= 0.6 is 22.9 Å². The molecule has 6 rings (SSSR count). The van der Waals surface area contributed by atoms with Crippen LogP contribution in [0.2, 0.25) is 5.02 Å². The number of nitrogens with zero attached hydrogens (tertiary/aromatic N) is 3. The fourth-order valence-electron chi connectivity index (χ4n) is 5.32. The molecule has 0 saturated heterocycles. The number of amides is 2. The van der Waals surface area contributed by atoms with Gasteiger partial charge in [-0.25, -0.2) is 9.78 Å². The van der Waals surface area contributed by atoms with Gasteiger partial charge >= 0.3 is 5.97 Å². The minimum Gasteiger partial charge on any atom is -0.457 e. The first kappa shape index (κ1) is 25.0.